The molecule has 1 amide bonds. The zero-order valence-corrected chi connectivity index (χ0v) is 16.8. The predicted molar refractivity (Wildman–Crippen MR) is 112 cm³/mol. The van der Waals surface area contributed by atoms with Crippen molar-refractivity contribution in [3.05, 3.63) is 70.5 Å². The molecule has 2 aromatic carbocycles. The molecule has 0 unspecified atom stereocenters. The van der Waals surface area contributed by atoms with Gasteiger partial charge in [0.25, 0.3) is 5.91 Å². The molecule has 0 spiro atoms. The average Bonchev–Trinajstić information content (AvgIpc) is 2.64. The van der Waals surface area contributed by atoms with Crippen LogP contribution >= 0.6 is 0 Å². The van der Waals surface area contributed by atoms with Gasteiger partial charge in [-0.25, -0.2) is 9.97 Å². The summed E-state index contributed by atoms with van der Waals surface area (Å²) in [4.78, 5) is 21.6. The Labute approximate surface area is 165 Å². The van der Waals surface area contributed by atoms with Crippen LogP contribution in [0, 0.1) is 27.7 Å². The fraction of sp³-hybridized carbons (Fsp3) is 0.227. The molecule has 1 aromatic heterocycles. The van der Waals surface area contributed by atoms with Gasteiger partial charge in [-0.3, -0.25) is 4.79 Å². The lowest BCUT2D eigenvalue weighted by Gasteiger charge is -2.13. The van der Waals surface area contributed by atoms with Gasteiger partial charge in [0.05, 0.1) is 12.8 Å². The van der Waals surface area contributed by atoms with Crippen LogP contribution in [0.4, 0.5) is 17.3 Å². The van der Waals surface area contributed by atoms with Crippen molar-refractivity contribution >= 4 is 23.2 Å². The van der Waals surface area contributed by atoms with Gasteiger partial charge in [-0.05, 0) is 63.1 Å². The molecule has 1 heterocycles. The third kappa shape index (κ3) is 4.46. The van der Waals surface area contributed by atoms with Gasteiger partial charge >= 0.3 is 0 Å². The zero-order chi connectivity index (χ0) is 20.3. The van der Waals surface area contributed by atoms with E-state index in [0.717, 1.165) is 16.8 Å². The smallest absolute Gasteiger partial charge is 0.274 e. The molecular weight excluding hydrogens is 352 g/mol. The van der Waals surface area contributed by atoms with Gasteiger partial charge in [0, 0.05) is 11.4 Å². The van der Waals surface area contributed by atoms with Crippen LogP contribution in [0.25, 0.3) is 0 Å². The normalized spacial score (nSPS) is 10.5. The van der Waals surface area contributed by atoms with Crippen LogP contribution in [-0.4, -0.2) is 23.0 Å². The Balaban J connectivity index is 1.86. The van der Waals surface area contributed by atoms with E-state index in [9.17, 15) is 4.79 Å². The molecule has 0 aliphatic rings. The minimum atomic E-state index is -0.321. The van der Waals surface area contributed by atoms with Gasteiger partial charge < -0.3 is 15.4 Å². The average molecular weight is 376 g/mol. The van der Waals surface area contributed by atoms with Gasteiger partial charge in [0.1, 0.15) is 11.4 Å². The van der Waals surface area contributed by atoms with E-state index < -0.39 is 0 Å². The molecule has 6 nitrogen and oxygen atoms in total. The highest BCUT2D eigenvalue weighted by Gasteiger charge is 2.14. The van der Waals surface area contributed by atoms with E-state index >= 15 is 0 Å². The molecule has 3 rings (SSSR count). The van der Waals surface area contributed by atoms with E-state index in [-0.39, 0.29) is 11.6 Å². The maximum absolute atomic E-state index is 12.8. The minimum absolute atomic E-state index is 0.281. The summed E-state index contributed by atoms with van der Waals surface area (Å²) in [6.07, 6.45) is 0. The molecule has 2 N–H and O–H groups in total. The van der Waals surface area contributed by atoms with Crippen molar-refractivity contribution in [1.29, 1.82) is 0 Å². The van der Waals surface area contributed by atoms with Crippen molar-refractivity contribution in [3.63, 3.8) is 0 Å². The molecule has 0 aliphatic heterocycles. The molecule has 0 radical (unpaired) electrons. The lowest BCUT2D eigenvalue weighted by atomic mass is 10.1. The lowest BCUT2D eigenvalue weighted by molar-refractivity contribution is 0.102. The number of ether oxygens (including phenoxy) is 1. The fourth-order valence-electron chi connectivity index (χ4n) is 2.92. The summed E-state index contributed by atoms with van der Waals surface area (Å²) in [5.41, 5.74) is 5.77. The molecule has 0 fully saturated rings. The Morgan fingerprint density at radius 3 is 2.32 bits per heavy atom. The number of nitrogens with zero attached hydrogens (tertiary/aromatic N) is 2. The topological polar surface area (TPSA) is 76.1 Å². The van der Waals surface area contributed by atoms with Crippen molar-refractivity contribution < 1.29 is 9.53 Å². The maximum atomic E-state index is 12.8. The quantitative estimate of drug-likeness (QED) is 0.674. The summed E-state index contributed by atoms with van der Waals surface area (Å²) in [6, 6.07) is 13.3. The number of methoxy groups -OCH3 is 1. The van der Waals surface area contributed by atoms with Crippen LogP contribution in [0.1, 0.15) is 32.9 Å². The molecule has 28 heavy (non-hydrogen) atoms. The number of aryl methyl sites for hydroxylation is 4. The van der Waals surface area contributed by atoms with E-state index in [1.807, 2.05) is 58.0 Å². The van der Waals surface area contributed by atoms with Crippen molar-refractivity contribution in [3.8, 4) is 5.75 Å². The summed E-state index contributed by atoms with van der Waals surface area (Å²) in [5.74, 6) is 0.657. The second-order valence-corrected chi connectivity index (χ2v) is 6.82. The fourth-order valence-corrected chi connectivity index (χ4v) is 2.92. The van der Waals surface area contributed by atoms with Crippen molar-refractivity contribution in [2.75, 3.05) is 17.7 Å². The SMILES string of the molecule is COc1ccc(C)cc1NC(=O)c1cc(C)nc(Nc2ccc(C)cc2C)n1. The molecule has 3 aromatic rings. The molecule has 0 saturated heterocycles. The largest absolute Gasteiger partial charge is 0.495 e. The number of carbonyl (C=O) groups excluding carboxylic acids is 1. The van der Waals surface area contributed by atoms with Gasteiger partial charge in [-0.15, -0.1) is 0 Å². The van der Waals surface area contributed by atoms with E-state index in [4.69, 9.17) is 4.74 Å². The molecule has 6 heteroatoms. The van der Waals surface area contributed by atoms with Gasteiger partial charge in [-0.2, -0.15) is 0 Å². The first-order chi connectivity index (χ1) is 13.4. The number of aromatic nitrogens is 2. The number of amides is 1. The summed E-state index contributed by atoms with van der Waals surface area (Å²) in [7, 11) is 1.57. The van der Waals surface area contributed by atoms with Gasteiger partial charge in [0.15, 0.2) is 0 Å². The number of nitrogens with one attached hydrogen (secondary N) is 2. The predicted octanol–water partition coefficient (Wildman–Crippen LogP) is 4.71. The molecular formula is C22H24N4O2. The van der Waals surface area contributed by atoms with E-state index in [1.54, 1.807) is 13.2 Å². The minimum Gasteiger partial charge on any atom is -0.495 e. The van der Waals surface area contributed by atoms with Crippen molar-refractivity contribution in [2.45, 2.75) is 27.7 Å². The molecule has 0 aliphatic carbocycles. The number of hydrogen-bond donors (Lipinski definition) is 2. The number of anilines is 3. The van der Waals surface area contributed by atoms with E-state index in [0.29, 0.717) is 23.1 Å². The van der Waals surface area contributed by atoms with Gasteiger partial charge in [0.2, 0.25) is 5.95 Å². The van der Waals surface area contributed by atoms with Crippen LogP contribution in [0.2, 0.25) is 0 Å². The second kappa shape index (κ2) is 8.08. The monoisotopic (exact) mass is 376 g/mol. The van der Waals surface area contributed by atoms with Crippen LogP contribution in [-0.2, 0) is 0 Å². The Kier molecular flexibility index (Phi) is 5.59. The van der Waals surface area contributed by atoms with Crippen LogP contribution in [0.15, 0.2) is 42.5 Å². The van der Waals surface area contributed by atoms with Crippen LogP contribution in [0.5, 0.6) is 5.75 Å². The van der Waals surface area contributed by atoms with Crippen molar-refractivity contribution in [2.24, 2.45) is 0 Å². The number of rotatable bonds is 5. The number of carbonyl (C=O) groups is 1. The number of benzene rings is 2. The molecule has 0 saturated carbocycles. The Hall–Kier alpha value is -3.41. The summed E-state index contributed by atoms with van der Waals surface area (Å²) >= 11 is 0. The Morgan fingerprint density at radius 1 is 0.893 bits per heavy atom. The first-order valence-corrected chi connectivity index (χ1v) is 9.01. The van der Waals surface area contributed by atoms with Crippen LogP contribution < -0.4 is 15.4 Å². The first-order valence-electron chi connectivity index (χ1n) is 9.01. The Bertz CT molecular complexity index is 1030. The maximum Gasteiger partial charge on any atom is 0.274 e. The van der Waals surface area contributed by atoms with Crippen molar-refractivity contribution in [1.82, 2.24) is 9.97 Å². The number of hydrogen-bond acceptors (Lipinski definition) is 5. The standard InChI is InChI=1S/C22H24N4O2/c1-13-6-8-17(15(3)10-13)25-22-23-16(4)12-19(26-22)21(27)24-18-11-14(2)7-9-20(18)28-5/h6-12H,1-5H3,(H,24,27)(H,23,25,26). The molecule has 144 valence electrons. The van der Waals surface area contributed by atoms with E-state index in [2.05, 4.69) is 26.7 Å². The van der Waals surface area contributed by atoms with Gasteiger partial charge in [-0.1, -0.05) is 23.8 Å². The molecule has 0 bridgehead atoms. The third-order valence-electron chi connectivity index (χ3n) is 4.32. The summed E-state index contributed by atoms with van der Waals surface area (Å²) < 4.78 is 5.33. The summed E-state index contributed by atoms with van der Waals surface area (Å²) in [5, 5.41) is 6.08. The van der Waals surface area contributed by atoms with E-state index in [1.165, 1.54) is 5.56 Å². The second-order valence-electron chi connectivity index (χ2n) is 6.82. The lowest BCUT2D eigenvalue weighted by Crippen LogP contribution is -2.16. The molecule has 0 atom stereocenters. The first kappa shape index (κ1) is 19.4. The highest BCUT2D eigenvalue weighted by molar-refractivity contribution is 6.04. The Morgan fingerprint density at radius 2 is 1.61 bits per heavy atom. The summed E-state index contributed by atoms with van der Waals surface area (Å²) in [6.45, 7) is 7.85. The van der Waals surface area contributed by atoms with Crippen LogP contribution in [0.3, 0.4) is 0 Å². The highest BCUT2D eigenvalue weighted by atomic mass is 16.5. The third-order valence-corrected chi connectivity index (χ3v) is 4.32. The zero-order valence-electron chi connectivity index (χ0n) is 16.8. The highest BCUT2D eigenvalue weighted by Crippen LogP contribution is 2.26.